The Kier molecular flexibility index (Phi) is 6.27. The van der Waals surface area contributed by atoms with Gasteiger partial charge < -0.3 is 14.8 Å². The molecule has 1 N–H and O–H groups in total. The van der Waals surface area contributed by atoms with Gasteiger partial charge in [0.25, 0.3) is 5.91 Å². The number of anilines is 2. The van der Waals surface area contributed by atoms with E-state index in [1.54, 1.807) is 12.4 Å². The number of hydrogen-bond acceptors (Lipinski definition) is 6. The minimum absolute atomic E-state index is 0.0280. The van der Waals surface area contributed by atoms with Crippen LogP contribution in [0.4, 0.5) is 11.6 Å². The summed E-state index contributed by atoms with van der Waals surface area (Å²) in [5.74, 6) is 1.47. The van der Waals surface area contributed by atoms with Crippen LogP contribution in [0.25, 0.3) is 11.4 Å². The molecule has 1 aliphatic heterocycles. The molecule has 0 aliphatic carbocycles. The highest BCUT2D eigenvalue weighted by Gasteiger charge is 2.31. The first kappa shape index (κ1) is 22.7. The molecule has 4 aromatic rings. The number of carbonyl (C=O) groups excluding carboxylic acids is 1. The number of benzene rings is 1. The average molecular weight is 468 g/mol. The van der Waals surface area contributed by atoms with Gasteiger partial charge in [-0.1, -0.05) is 6.07 Å². The lowest BCUT2D eigenvalue weighted by Gasteiger charge is -2.24. The lowest BCUT2D eigenvalue weighted by atomic mass is 10.1. The third-order valence-electron chi connectivity index (χ3n) is 6.35. The van der Waals surface area contributed by atoms with Gasteiger partial charge in [-0.05, 0) is 76.1 Å². The van der Waals surface area contributed by atoms with E-state index in [1.165, 1.54) is 0 Å². The first-order valence-corrected chi connectivity index (χ1v) is 12.0. The summed E-state index contributed by atoms with van der Waals surface area (Å²) in [5.41, 5.74) is 4.18. The molecule has 8 heteroatoms. The van der Waals surface area contributed by atoms with Gasteiger partial charge in [0.05, 0.1) is 29.3 Å². The van der Waals surface area contributed by atoms with E-state index in [9.17, 15) is 4.79 Å². The van der Waals surface area contributed by atoms with Crippen molar-refractivity contribution in [3.05, 3.63) is 84.2 Å². The van der Waals surface area contributed by atoms with E-state index >= 15 is 0 Å². The van der Waals surface area contributed by atoms with Crippen molar-refractivity contribution in [1.29, 1.82) is 0 Å². The third kappa shape index (κ3) is 4.64. The molecule has 8 nitrogen and oxygen atoms in total. The molecule has 35 heavy (non-hydrogen) atoms. The Morgan fingerprint density at radius 1 is 1.03 bits per heavy atom. The van der Waals surface area contributed by atoms with E-state index in [0.717, 1.165) is 48.0 Å². The molecular weight excluding hydrogens is 438 g/mol. The van der Waals surface area contributed by atoms with Gasteiger partial charge in [0.2, 0.25) is 5.95 Å². The molecular formula is C27H29N7O. The zero-order valence-corrected chi connectivity index (χ0v) is 20.2. The Bertz CT molecular complexity index is 1320. The number of rotatable bonds is 6. The molecule has 178 valence electrons. The fourth-order valence-corrected chi connectivity index (χ4v) is 4.74. The summed E-state index contributed by atoms with van der Waals surface area (Å²) in [5, 5.41) is 3.25. The number of likely N-dealkylation sites (tertiary alicyclic amines) is 1. The normalized spacial score (nSPS) is 15.5. The Hall–Kier alpha value is -4.07. The maximum Gasteiger partial charge on any atom is 0.254 e. The fourth-order valence-electron chi connectivity index (χ4n) is 4.74. The Morgan fingerprint density at radius 3 is 2.60 bits per heavy atom. The van der Waals surface area contributed by atoms with Gasteiger partial charge in [-0.15, -0.1) is 0 Å². The molecule has 4 heterocycles. The summed E-state index contributed by atoms with van der Waals surface area (Å²) in [7, 11) is 0. The van der Waals surface area contributed by atoms with Crippen LogP contribution in [0.2, 0.25) is 0 Å². The lowest BCUT2D eigenvalue weighted by molar-refractivity contribution is 0.0733. The van der Waals surface area contributed by atoms with Crippen molar-refractivity contribution in [3.63, 3.8) is 0 Å². The van der Waals surface area contributed by atoms with Crippen molar-refractivity contribution in [2.24, 2.45) is 0 Å². The van der Waals surface area contributed by atoms with Crippen LogP contribution in [0.3, 0.4) is 0 Å². The molecule has 1 aliphatic rings. The van der Waals surface area contributed by atoms with E-state index in [2.05, 4.69) is 38.7 Å². The topological polar surface area (TPSA) is 88.8 Å². The van der Waals surface area contributed by atoms with Crippen LogP contribution in [-0.4, -0.2) is 41.9 Å². The minimum Gasteiger partial charge on any atom is -0.330 e. The van der Waals surface area contributed by atoms with Gasteiger partial charge in [-0.2, -0.15) is 0 Å². The van der Waals surface area contributed by atoms with Crippen LogP contribution in [0, 0.1) is 6.92 Å². The average Bonchev–Trinajstić information content (AvgIpc) is 3.52. The number of aryl methyl sites for hydroxylation is 1. The molecule has 0 spiro atoms. The molecule has 1 unspecified atom stereocenters. The number of aromatic nitrogens is 5. The number of carbonyl (C=O) groups is 1. The van der Waals surface area contributed by atoms with E-state index in [-0.39, 0.29) is 18.0 Å². The van der Waals surface area contributed by atoms with Gasteiger partial charge in [-0.25, -0.2) is 15.0 Å². The zero-order valence-electron chi connectivity index (χ0n) is 20.2. The quantitative estimate of drug-likeness (QED) is 0.411. The number of hydrogen-bond donors (Lipinski definition) is 1. The molecule has 0 radical (unpaired) electrons. The van der Waals surface area contributed by atoms with E-state index in [0.29, 0.717) is 11.5 Å². The highest BCUT2D eigenvalue weighted by Crippen LogP contribution is 2.32. The SMILES string of the molecule is Cc1ncc(-c2ccnc(Nc3ccc(C(=O)N4CCCC4c4ccccn4)cc3)n2)n1C(C)C. The fraction of sp³-hybridized carbons (Fsp3) is 0.296. The Morgan fingerprint density at radius 2 is 1.86 bits per heavy atom. The second-order valence-electron chi connectivity index (χ2n) is 9.03. The molecule has 1 aromatic carbocycles. The van der Waals surface area contributed by atoms with Gasteiger partial charge in [0.1, 0.15) is 5.82 Å². The Balaban J connectivity index is 1.31. The highest BCUT2D eigenvalue weighted by atomic mass is 16.2. The second kappa shape index (κ2) is 9.66. The van der Waals surface area contributed by atoms with E-state index in [4.69, 9.17) is 4.98 Å². The van der Waals surface area contributed by atoms with Crippen LogP contribution in [-0.2, 0) is 0 Å². The van der Waals surface area contributed by atoms with Crippen LogP contribution in [0.1, 0.15) is 60.6 Å². The maximum absolute atomic E-state index is 13.2. The number of nitrogens with one attached hydrogen (secondary N) is 1. The third-order valence-corrected chi connectivity index (χ3v) is 6.35. The van der Waals surface area contributed by atoms with Crippen LogP contribution in [0.15, 0.2) is 67.1 Å². The number of pyridine rings is 1. The van der Waals surface area contributed by atoms with Crippen LogP contribution >= 0.6 is 0 Å². The molecule has 1 saturated heterocycles. The van der Waals surface area contributed by atoms with Crippen molar-refractivity contribution in [1.82, 2.24) is 29.4 Å². The highest BCUT2D eigenvalue weighted by molar-refractivity contribution is 5.95. The summed E-state index contributed by atoms with van der Waals surface area (Å²) >= 11 is 0. The summed E-state index contributed by atoms with van der Waals surface area (Å²) in [6, 6.07) is 15.5. The largest absolute Gasteiger partial charge is 0.330 e. The standard InChI is InChI=1S/C27H29N7O/c1-18(2)34-19(3)30-17-25(34)23-13-15-29-27(32-23)31-21-11-9-20(10-12-21)26(35)33-16-6-8-24(33)22-7-4-5-14-28-22/h4-5,7,9-15,17-18,24H,6,8,16H2,1-3H3,(H,29,31,32). The molecule has 1 atom stereocenters. The smallest absolute Gasteiger partial charge is 0.254 e. The number of nitrogens with zero attached hydrogens (tertiary/aromatic N) is 6. The molecule has 1 amide bonds. The monoisotopic (exact) mass is 467 g/mol. The lowest BCUT2D eigenvalue weighted by Crippen LogP contribution is -2.30. The van der Waals surface area contributed by atoms with Crippen molar-refractivity contribution >= 4 is 17.5 Å². The van der Waals surface area contributed by atoms with Crippen molar-refractivity contribution in [2.75, 3.05) is 11.9 Å². The Labute approximate surface area is 205 Å². The molecule has 0 saturated carbocycles. The van der Waals surface area contributed by atoms with Gasteiger partial charge in [-0.3, -0.25) is 9.78 Å². The van der Waals surface area contributed by atoms with Crippen LogP contribution in [0.5, 0.6) is 0 Å². The summed E-state index contributed by atoms with van der Waals surface area (Å²) in [4.78, 5) is 33.2. The van der Waals surface area contributed by atoms with Gasteiger partial charge >= 0.3 is 0 Å². The van der Waals surface area contributed by atoms with Crippen molar-refractivity contribution < 1.29 is 4.79 Å². The maximum atomic E-state index is 13.2. The molecule has 1 fully saturated rings. The van der Waals surface area contributed by atoms with E-state index < -0.39 is 0 Å². The van der Waals surface area contributed by atoms with Crippen molar-refractivity contribution in [2.45, 2.75) is 45.7 Å². The number of amides is 1. The van der Waals surface area contributed by atoms with Gasteiger partial charge in [0.15, 0.2) is 0 Å². The molecule has 3 aromatic heterocycles. The van der Waals surface area contributed by atoms with Gasteiger partial charge in [0, 0.05) is 36.2 Å². The van der Waals surface area contributed by atoms with Crippen molar-refractivity contribution in [3.8, 4) is 11.4 Å². The zero-order chi connectivity index (χ0) is 24.4. The van der Waals surface area contributed by atoms with Crippen LogP contribution < -0.4 is 5.32 Å². The first-order valence-electron chi connectivity index (χ1n) is 12.0. The summed E-state index contributed by atoms with van der Waals surface area (Å²) in [6.07, 6.45) is 7.28. The second-order valence-corrected chi connectivity index (χ2v) is 9.03. The predicted octanol–water partition coefficient (Wildman–Crippen LogP) is 5.35. The predicted molar refractivity (Wildman–Crippen MR) is 135 cm³/mol. The minimum atomic E-state index is 0.0280. The molecule has 5 rings (SSSR count). The first-order chi connectivity index (χ1) is 17.0. The number of imidazole rings is 1. The summed E-state index contributed by atoms with van der Waals surface area (Å²) in [6.45, 7) is 6.99. The van der Waals surface area contributed by atoms with E-state index in [1.807, 2.05) is 66.6 Å². The summed E-state index contributed by atoms with van der Waals surface area (Å²) < 4.78 is 2.16. The molecule has 0 bridgehead atoms.